The van der Waals surface area contributed by atoms with E-state index in [1.165, 1.54) is 0 Å². The van der Waals surface area contributed by atoms with E-state index in [0.717, 1.165) is 16.6 Å². The van der Waals surface area contributed by atoms with Crippen molar-refractivity contribution in [1.29, 1.82) is 0 Å². The summed E-state index contributed by atoms with van der Waals surface area (Å²) < 4.78 is 1.74. The summed E-state index contributed by atoms with van der Waals surface area (Å²) in [6.45, 7) is 0. The quantitative estimate of drug-likeness (QED) is 0.790. The maximum absolute atomic E-state index is 6.26. The molecule has 3 rings (SSSR count). The number of nitrogens with zero attached hydrogens (tertiary/aromatic N) is 3. The number of nitrogens with two attached hydrogens (primary N) is 1. The number of hydrogen-bond acceptors (Lipinski definition) is 3. The minimum absolute atomic E-state index is 0.323. The van der Waals surface area contributed by atoms with E-state index >= 15 is 0 Å². The zero-order valence-electron chi connectivity index (χ0n) is 9.79. The van der Waals surface area contributed by atoms with Crippen LogP contribution >= 0.6 is 23.2 Å². The summed E-state index contributed by atoms with van der Waals surface area (Å²) in [4.78, 5) is 4.09. The molecule has 0 aliphatic carbocycles. The van der Waals surface area contributed by atoms with Gasteiger partial charge in [-0.1, -0.05) is 29.3 Å². The lowest BCUT2D eigenvalue weighted by Gasteiger charge is -2.11. The van der Waals surface area contributed by atoms with E-state index in [1.807, 2.05) is 6.07 Å². The van der Waals surface area contributed by atoms with Crippen molar-refractivity contribution < 1.29 is 0 Å². The molecule has 0 fully saturated rings. The van der Waals surface area contributed by atoms with Crippen LogP contribution in [0, 0.1) is 0 Å². The van der Waals surface area contributed by atoms with Gasteiger partial charge < -0.3 is 5.73 Å². The van der Waals surface area contributed by atoms with Crippen LogP contribution in [-0.2, 0) is 0 Å². The molecule has 0 radical (unpaired) electrons. The third-order valence-corrected chi connectivity index (χ3v) is 3.73. The number of halogens is 2. The molecular formula is C13H10Cl2N4. The summed E-state index contributed by atoms with van der Waals surface area (Å²) in [5, 5.41) is 5.25. The minimum Gasteiger partial charge on any atom is -0.320 e. The number of fused-ring (bicyclic) bond motifs is 1. The van der Waals surface area contributed by atoms with Crippen molar-refractivity contribution >= 4 is 28.7 Å². The lowest BCUT2D eigenvalue weighted by molar-refractivity contribution is 0.879. The van der Waals surface area contributed by atoms with Gasteiger partial charge in [-0.2, -0.15) is 5.10 Å². The van der Waals surface area contributed by atoms with Gasteiger partial charge in [0.15, 0.2) is 0 Å². The van der Waals surface area contributed by atoms with Crippen LogP contribution in [0.1, 0.15) is 17.2 Å². The molecule has 2 N–H and O–H groups in total. The van der Waals surface area contributed by atoms with Crippen LogP contribution in [0.2, 0.25) is 10.0 Å². The molecule has 0 aliphatic rings. The van der Waals surface area contributed by atoms with Crippen molar-refractivity contribution in [3.05, 3.63) is 64.2 Å². The Labute approximate surface area is 119 Å². The van der Waals surface area contributed by atoms with Gasteiger partial charge in [0.1, 0.15) is 0 Å². The molecule has 0 saturated carbocycles. The van der Waals surface area contributed by atoms with Crippen molar-refractivity contribution in [3.63, 3.8) is 0 Å². The first-order valence-electron chi connectivity index (χ1n) is 5.64. The number of benzene rings is 1. The Bertz CT molecular complexity index is 738. The SMILES string of the molecule is NC(c1ccc(Cl)c(Cl)c1)c1cnn2ccncc12. The second-order valence-corrected chi connectivity index (χ2v) is 4.97. The molecule has 0 saturated heterocycles. The third kappa shape index (κ3) is 2.18. The van der Waals surface area contributed by atoms with Gasteiger partial charge >= 0.3 is 0 Å². The molecule has 0 spiro atoms. The maximum atomic E-state index is 6.26. The molecule has 1 aromatic carbocycles. The molecule has 1 unspecified atom stereocenters. The van der Waals surface area contributed by atoms with Crippen LogP contribution in [0.15, 0.2) is 43.0 Å². The molecule has 3 aromatic rings. The van der Waals surface area contributed by atoms with Crippen molar-refractivity contribution in [2.24, 2.45) is 5.73 Å². The normalized spacial score (nSPS) is 12.8. The van der Waals surface area contributed by atoms with Crippen LogP contribution in [-0.4, -0.2) is 14.6 Å². The molecule has 0 aliphatic heterocycles. The fourth-order valence-electron chi connectivity index (χ4n) is 1.98. The Hall–Kier alpha value is -1.62. The first-order chi connectivity index (χ1) is 9.16. The van der Waals surface area contributed by atoms with Gasteiger partial charge in [0, 0.05) is 18.0 Å². The van der Waals surface area contributed by atoms with Crippen molar-refractivity contribution in [2.45, 2.75) is 6.04 Å². The van der Waals surface area contributed by atoms with E-state index in [1.54, 1.807) is 41.4 Å². The highest BCUT2D eigenvalue weighted by Crippen LogP contribution is 2.28. The molecule has 0 amide bonds. The van der Waals surface area contributed by atoms with E-state index in [-0.39, 0.29) is 6.04 Å². The number of rotatable bonds is 2. The molecule has 1 atom stereocenters. The fraction of sp³-hybridized carbons (Fsp3) is 0.0769. The Morgan fingerprint density at radius 2 is 2.00 bits per heavy atom. The topological polar surface area (TPSA) is 56.2 Å². The maximum Gasteiger partial charge on any atom is 0.0896 e. The summed E-state index contributed by atoms with van der Waals surface area (Å²) in [5.41, 5.74) is 8.92. The molecule has 2 aromatic heterocycles. The van der Waals surface area contributed by atoms with Gasteiger partial charge in [0.25, 0.3) is 0 Å². The van der Waals surface area contributed by atoms with E-state index < -0.39 is 0 Å². The van der Waals surface area contributed by atoms with Gasteiger partial charge in [-0.3, -0.25) is 4.98 Å². The van der Waals surface area contributed by atoms with Gasteiger partial charge in [0.05, 0.1) is 34.0 Å². The predicted molar refractivity (Wildman–Crippen MR) is 75.5 cm³/mol. The second-order valence-electron chi connectivity index (χ2n) is 4.16. The lowest BCUT2D eigenvalue weighted by atomic mass is 10.0. The summed E-state index contributed by atoms with van der Waals surface area (Å²) in [6, 6.07) is 5.05. The Morgan fingerprint density at radius 1 is 1.16 bits per heavy atom. The monoisotopic (exact) mass is 292 g/mol. The molecule has 4 nitrogen and oxygen atoms in total. The van der Waals surface area contributed by atoms with Gasteiger partial charge in [-0.05, 0) is 17.7 Å². The van der Waals surface area contributed by atoms with Crippen molar-refractivity contribution in [1.82, 2.24) is 14.6 Å². The average molecular weight is 293 g/mol. The zero-order chi connectivity index (χ0) is 13.4. The fourth-order valence-corrected chi connectivity index (χ4v) is 2.28. The van der Waals surface area contributed by atoms with Crippen LogP contribution in [0.5, 0.6) is 0 Å². The average Bonchev–Trinajstić information content (AvgIpc) is 2.85. The van der Waals surface area contributed by atoms with Crippen LogP contribution < -0.4 is 5.73 Å². The molecular weight excluding hydrogens is 283 g/mol. The summed E-state index contributed by atoms with van der Waals surface area (Å²) in [7, 11) is 0. The largest absolute Gasteiger partial charge is 0.320 e. The summed E-state index contributed by atoms with van der Waals surface area (Å²) >= 11 is 11.9. The molecule has 6 heteroatoms. The van der Waals surface area contributed by atoms with Crippen LogP contribution in [0.4, 0.5) is 0 Å². The predicted octanol–water partition coefficient (Wildman–Crippen LogP) is 3.08. The Kier molecular flexibility index (Phi) is 3.14. The summed E-state index contributed by atoms with van der Waals surface area (Å²) in [5.74, 6) is 0. The lowest BCUT2D eigenvalue weighted by Crippen LogP contribution is -2.11. The highest BCUT2D eigenvalue weighted by molar-refractivity contribution is 6.42. The van der Waals surface area contributed by atoms with Gasteiger partial charge in [-0.15, -0.1) is 0 Å². The van der Waals surface area contributed by atoms with E-state index in [9.17, 15) is 0 Å². The summed E-state index contributed by atoms with van der Waals surface area (Å²) in [6.07, 6.45) is 6.93. The van der Waals surface area contributed by atoms with Crippen LogP contribution in [0.25, 0.3) is 5.52 Å². The molecule has 19 heavy (non-hydrogen) atoms. The molecule has 96 valence electrons. The zero-order valence-corrected chi connectivity index (χ0v) is 11.3. The standard InChI is InChI=1S/C13H10Cl2N4/c14-10-2-1-8(5-11(10)15)13(16)9-6-18-19-4-3-17-7-12(9)19/h1-7,13H,16H2. The minimum atomic E-state index is -0.323. The highest BCUT2D eigenvalue weighted by Gasteiger charge is 2.15. The van der Waals surface area contributed by atoms with Crippen molar-refractivity contribution in [2.75, 3.05) is 0 Å². The van der Waals surface area contributed by atoms with E-state index in [4.69, 9.17) is 28.9 Å². The second kappa shape index (κ2) is 4.81. The molecule has 0 bridgehead atoms. The molecule has 2 heterocycles. The van der Waals surface area contributed by atoms with E-state index in [2.05, 4.69) is 10.1 Å². The van der Waals surface area contributed by atoms with Gasteiger partial charge in [-0.25, -0.2) is 4.52 Å². The number of aromatic nitrogens is 3. The Balaban J connectivity index is 2.08. The van der Waals surface area contributed by atoms with E-state index in [0.29, 0.717) is 10.0 Å². The van der Waals surface area contributed by atoms with Crippen LogP contribution in [0.3, 0.4) is 0 Å². The Morgan fingerprint density at radius 3 is 2.79 bits per heavy atom. The smallest absolute Gasteiger partial charge is 0.0896 e. The van der Waals surface area contributed by atoms with Crippen molar-refractivity contribution in [3.8, 4) is 0 Å². The number of hydrogen-bond donors (Lipinski definition) is 1. The third-order valence-electron chi connectivity index (χ3n) is 2.99. The highest BCUT2D eigenvalue weighted by atomic mass is 35.5. The van der Waals surface area contributed by atoms with Gasteiger partial charge in [0.2, 0.25) is 0 Å². The first kappa shape index (κ1) is 12.4. The first-order valence-corrected chi connectivity index (χ1v) is 6.40.